The Labute approximate surface area is 181 Å². The zero-order valence-corrected chi connectivity index (χ0v) is 19.0. The SMILES string of the molecule is C1CCCCC1.C=C1NCC(C)(C)c2cc(/C(=C/C)c3cnc(N)nc3C)ccc21. The van der Waals surface area contributed by atoms with E-state index >= 15 is 0 Å². The van der Waals surface area contributed by atoms with Crippen molar-refractivity contribution >= 4 is 17.2 Å². The molecule has 4 rings (SSSR count). The summed E-state index contributed by atoms with van der Waals surface area (Å²) >= 11 is 0. The van der Waals surface area contributed by atoms with Crippen LogP contribution in [0.2, 0.25) is 0 Å². The molecule has 2 aliphatic rings. The van der Waals surface area contributed by atoms with Crippen molar-refractivity contribution in [1.29, 1.82) is 0 Å². The maximum absolute atomic E-state index is 5.69. The maximum Gasteiger partial charge on any atom is 0.220 e. The Kier molecular flexibility index (Phi) is 6.96. The van der Waals surface area contributed by atoms with Gasteiger partial charge in [0.15, 0.2) is 0 Å². The van der Waals surface area contributed by atoms with Crippen LogP contribution in [-0.2, 0) is 5.41 Å². The van der Waals surface area contributed by atoms with Crippen molar-refractivity contribution in [3.05, 3.63) is 65.0 Å². The predicted octanol–water partition coefficient (Wildman–Crippen LogP) is 6.01. The molecule has 0 saturated heterocycles. The Morgan fingerprint density at radius 3 is 2.33 bits per heavy atom. The van der Waals surface area contributed by atoms with Crippen LogP contribution in [0.1, 0.15) is 87.2 Å². The Balaban J connectivity index is 0.000000367. The van der Waals surface area contributed by atoms with Crippen LogP contribution in [0.25, 0.3) is 11.3 Å². The van der Waals surface area contributed by atoms with Crippen LogP contribution in [-0.4, -0.2) is 16.5 Å². The van der Waals surface area contributed by atoms with Crippen LogP contribution in [0.3, 0.4) is 0 Å². The highest BCUT2D eigenvalue weighted by Crippen LogP contribution is 2.36. The molecule has 0 atom stereocenters. The summed E-state index contributed by atoms with van der Waals surface area (Å²) in [7, 11) is 0. The van der Waals surface area contributed by atoms with E-state index in [9.17, 15) is 0 Å². The van der Waals surface area contributed by atoms with E-state index < -0.39 is 0 Å². The van der Waals surface area contributed by atoms with E-state index in [2.05, 4.69) is 60.0 Å². The third-order valence-electron chi connectivity index (χ3n) is 6.21. The molecule has 0 spiro atoms. The minimum atomic E-state index is 0.0536. The minimum Gasteiger partial charge on any atom is -0.384 e. The molecule has 1 fully saturated rings. The van der Waals surface area contributed by atoms with Gasteiger partial charge in [-0.25, -0.2) is 9.97 Å². The van der Waals surface area contributed by atoms with Gasteiger partial charge in [0.1, 0.15) is 0 Å². The number of hydrogen-bond donors (Lipinski definition) is 2. The summed E-state index contributed by atoms with van der Waals surface area (Å²) in [4.78, 5) is 8.46. The normalized spacial score (nSPS) is 18.0. The number of rotatable bonds is 2. The van der Waals surface area contributed by atoms with Crippen LogP contribution >= 0.6 is 0 Å². The zero-order valence-electron chi connectivity index (χ0n) is 19.0. The fraction of sp³-hybridized carbons (Fsp3) is 0.462. The van der Waals surface area contributed by atoms with Gasteiger partial charge in [0.05, 0.1) is 5.69 Å². The lowest BCUT2D eigenvalue weighted by atomic mass is 9.77. The second-order valence-corrected chi connectivity index (χ2v) is 9.03. The van der Waals surface area contributed by atoms with Gasteiger partial charge in [-0.2, -0.15) is 0 Å². The van der Waals surface area contributed by atoms with Crippen molar-refractivity contribution in [1.82, 2.24) is 15.3 Å². The van der Waals surface area contributed by atoms with E-state index in [0.29, 0.717) is 5.95 Å². The number of aryl methyl sites for hydroxylation is 1. The van der Waals surface area contributed by atoms with Gasteiger partial charge in [0, 0.05) is 35.0 Å². The second kappa shape index (κ2) is 9.46. The number of allylic oxidation sites excluding steroid dienone is 1. The number of fused-ring (bicyclic) bond motifs is 1. The van der Waals surface area contributed by atoms with Gasteiger partial charge in [-0.05, 0) is 36.6 Å². The number of nitrogens with zero attached hydrogens (tertiary/aromatic N) is 2. The molecule has 1 aromatic heterocycles. The van der Waals surface area contributed by atoms with Gasteiger partial charge in [0.25, 0.3) is 0 Å². The van der Waals surface area contributed by atoms with E-state index in [1.807, 2.05) is 13.8 Å². The van der Waals surface area contributed by atoms with Crippen LogP contribution in [0.15, 0.2) is 37.1 Å². The molecule has 4 nitrogen and oxygen atoms in total. The first-order valence-corrected chi connectivity index (χ1v) is 11.2. The van der Waals surface area contributed by atoms with Crippen LogP contribution in [0.4, 0.5) is 5.95 Å². The highest BCUT2D eigenvalue weighted by Gasteiger charge is 2.29. The Morgan fingerprint density at radius 1 is 1.13 bits per heavy atom. The average molecular weight is 405 g/mol. The van der Waals surface area contributed by atoms with Gasteiger partial charge in [-0.15, -0.1) is 0 Å². The first-order valence-electron chi connectivity index (χ1n) is 11.2. The van der Waals surface area contributed by atoms with E-state index in [0.717, 1.165) is 34.6 Å². The molecule has 1 aromatic carbocycles. The standard InChI is InChI=1S/C20H24N4.C6H12/c1-6-15(17-10-22-19(21)24-13(17)3)14-7-8-16-12(2)23-11-20(4,5)18(16)9-14;1-2-4-6-5-3-1/h6-10,23H,2,11H2,1,3-5H3,(H2,21,22,24);1-6H2/b15-6-;. The number of anilines is 1. The highest BCUT2D eigenvalue weighted by molar-refractivity contribution is 5.82. The largest absolute Gasteiger partial charge is 0.384 e. The van der Waals surface area contributed by atoms with Crippen molar-refractivity contribution in [2.45, 2.75) is 71.6 Å². The lowest BCUT2D eigenvalue weighted by Crippen LogP contribution is -2.37. The van der Waals surface area contributed by atoms with E-state index in [-0.39, 0.29) is 5.41 Å². The summed E-state index contributed by atoms with van der Waals surface area (Å²) in [5.41, 5.74) is 13.4. The third-order valence-corrected chi connectivity index (χ3v) is 6.21. The molecule has 4 heteroatoms. The maximum atomic E-state index is 5.69. The van der Waals surface area contributed by atoms with Gasteiger partial charge >= 0.3 is 0 Å². The van der Waals surface area contributed by atoms with E-state index in [1.165, 1.54) is 49.7 Å². The number of nitrogens with one attached hydrogen (secondary N) is 1. The summed E-state index contributed by atoms with van der Waals surface area (Å²) < 4.78 is 0. The smallest absolute Gasteiger partial charge is 0.220 e. The monoisotopic (exact) mass is 404 g/mol. The molecule has 1 saturated carbocycles. The minimum absolute atomic E-state index is 0.0536. The van der Waals surface area contributed by atoms with E-state index in [1.54, 1.807) is 6.20 Å². The van der Waals surface area contributed by atoms with Crippen LogP contribution in [0.5, 0.6) is 0 Å². The Bertz CT molecular complexity index is 925. The molecule has 160 valence electrons. The highest BCUT2D eigenvalue weighted by atomic mass is 15.0. The van der Waals surface area contributed by atoms with E-state index in [4.69, 9.17) is 5.73 Å². The number of aromatic nitrogens is 2. The molecule has 3 N–H and O–H groups in total. The fourth-order valence-corrected chi connectivity index (χ4v) is 4.34. The average Bonchev–Trinajstić information content (AvgIpc) is 2.75. The Hall–Kier alpha value is -2.62. The molecule has 0 amide bonds. The third kappa shape index (κ3) is 4.92. The van der Waals surface area contributed by atoms with Gasteiger partial charge in [-0.1, -0.05) is 77.2 Å². The topological polar surface area (TPSA) is 63.8 Å². The molecule has 0 radical (unpaired) electrons. The van der Waals surface area contributed by atoms with Crippen LogP contribution in [0, 0.1) is 6.92 Å². The van der Waals surface area contributed by atoms with Crippen molar-refractivity contribution in [2.24, 2.45) is 0 Å². The van der Waals surface area contributed by atoms with Gasteiger partial charge in [-0.3, -0.25) is 0 Å². The van der Waals surface area contributed by atoms with Gasteiger partial charge in [0.2, 0.25) is 5.95 Å². The lowest BCUT2D eigenvalue weighted by molar-refractivity contribution is 0.493. The van der Waals surface area contributed by atoms with Crippen molar-refractivity contribution < 1.29 is 0 Å². The molecule has 30 heavy (non-hydrogen) atoms. The molecule has 0 unspecified atom stereocenters. The first kappa shape index (κ1) is 22.1. The van der Waals surface area contributed by atoms with Gasteiger partial charge < -0.3 is 11.1 Å². The summed E-state index contributed by atoms with van der Waals surface area (Å²) in [6.45, 7) is 13.5. The summed E-state index contributed by atoms with van der Waals surface area (Å²) in [5, 5.41) is 3.40. The lowest BCUT2D eigenvalue weighted by Gasteiger charge is -2.35. The van der Waals surface area contributed by atoms with Crippen LogP contribution < -0.4 is 11.1 Å². The molecule has 2 heterocycles. The number of nitrogen functional groups attached to an aromatic ring is 1. The number of nitrogens with two attached hydrogens (primary N) is 1. The Morgan fingerprint density at radius 2 is 1.77 bits per heavy atom. The summed E-state index contributed by atoms with van der Waals surface area (Å²) in [5.74, 6) is 0.306. The molecule has 1 aliphatic carbocycles. The second-order valence-electron chi connectivity index (χ2n) is 9.03. The number of hydrogen-bond acceptors (Lipinski definition) is 4. The molecule has 2 aromatic rings. The molecule has 1 aliphatic heterocycles. The number of benzene rings is 1. The van der Waals surface area contributed by atoms with Crippen molar-refractivity contribution in [3.8, 4) is 0 Å². The molecule has 0 bridgehead atoms. The van der Waals surface area contributed by atoms with Crippen molar-refractivity contribution in [3.63, 3.8) is 0 Å². The summed E-state index contributed by atoms with van der Waals surface area (Å²) in [6, 6.07) is 6.56. The molecular formula is C26H36N4. The predicted molar refractivity (Wildman–Crippen MR) is 128 cm³/mol. The molecular weight excluding hydrogens is 368 g/mol. The zero-order chi connectivity index (χ0) is 21.7. The quantitative estimate of drug-likeness (QED) is 0.643. The summed E-state index contributed by atoms with van der Waals surface area (Å²) in [6.07, 6.45) is 12.9. The van der Waals surface area contributed by atoms with Crippen molar-refractivity contribution in [2.75, 3.05) is 12.3 Å². The first-order chi connectivity index (χ1) is 14.3. The fourth-order valence-electron chi connectivity index (χ4n) is 4.34.